The largest absolute Gasteiger partial charge is 0.389 e. The minimum Gasteiger partial charge on any atom is -0.389 e. The first-order valence-electron chi connectivity index (χ1n) is 5.89. The predicted molar refractivity (Wildman–Crippen MR) is 68.8 cm³/mol. The second-order valence-corrected chi connectivity index (χ2v) is 5.58. The molecule has 92 valence electrons. The van der Waals surface area contributed by atoms with Gasteiger partial charge in [0, 0.05) is 23.7 Å². The summed E-state index contributed by atoms with van der Waals surface area (Å²) in [7, 11) is 0. The second kappa shape index (κ2) is 5.75. The van der Waals surface area contributed by atoms with Crippen molar-refractivity contribution in [2.75, 3.05) is 6.54 Å². The first-order valence-corrected chi connectivity index (χ1v) is 6.70. The highest BCUT2D eigenvalue weighted by Gasteiger charge is 2.22. The van der Waals surface area contributed by atoms with Gasteiger partial charge in [-0.05, 0) is 26.7 Å². The third-order valence-electron chi connectivity index (χ3n) is 3.12. The normalized spacial score (nSPS) is 14.1. The van der Waals surface area contributed by atoms with E-state index in [4.69, 9.17) is 0 Å². The van der Waals surface area contributed by atoms with E-state index >= 15 is 0 Å². The highest BCUT2D eigenvalue weighted by molar-refractivity contribution is 7.11. The fraction of sp³-hybridized carbons (Fsp3) is 0.750. The second-order valence-electron chi connectivity index (χ2n) is 4.32. The van der Waals surface area contributed by atoms with Crippen LogP contribution < -0.4 is 5.32 Å². The Morgan fingerprint density at radius 3 is 2.56 bits per heavy atom. The minimum atomic E-state index is -0.575. The Bertz CT molecular complexity index is 321. The van der Waals surface area contributed by atoms with Gasteiger partial charge in [0.15, 0.2) is 0 Å². The van der Waals surface area contributed by atoms with E-state index in [1.54, 1.807) is 11.3 Å². The van der Waals surface area contributed by atoms with Crippen LogP contribution in [0.2, 0.25) is 0 Å². The van der Waals surface area contributed by atoms with Crippen LogP contribution >= 0.6 is 11.3 Å². The van der Waals surface area contributed by atoms with Crippen molar-refractivity contribution in [2.24, 2.45) is 0 Å². The van der Waals surface area contributed by atoms with Gasteiger partial charge in [0.25, 0.3) is 0 Å². The molecule has 2 N–H and O–H groups in total. The fourth-order valence-electron chi connectivity index (χ4n) is 1.52. The number of nitrogens with one attached hydrogen (secondary N) is 1. The van der Waals surface area contributed by atoms with Gasteiger partial charge in [-0.25, -0.2) is 4.98 Å². The molecule has 0 saturated heterocycles. The maximum Gasteiger partial charge on any atom is 0.0897 e. The van der Waals surface area contributed by atoms with Crippen molar-refractivity contribution in [3.8, 4) is 0 Å². The Kier molecular flexibility index (Phi) is 4.89. The molecule has 4 heteroatoms. The van der Waals surface area contributed by atoms with Crippen LogP contribution in [-0.4, -0.2) is 22.2 Å². The molecule has 0 saturated carbocycles. The molecule has 3 nitrogen and oxygen atoms in total. The lowest BCUT2D eigenvalue weighted by Crippen LogP contribution is -2.40. The first-order chi connectivity index (χ1) is 7.50. The molecule has 0 aliphatic heterocycles. The molecule has 16 heavy (non-hydrogen) atoms. The molecule has 0 aromatic carbocycles. The van der Waals surface area contributed by atoms with Crippen molar-refractivity contribution in [1.82, 2.24) is 10.3 Å². The van der Waals surface area contributed by atoms with Crippen LogP contribution in [-0.2, 0) is 0 Å². The van der Waals surface area contributed by atoms with Gasteiger partial charge in [-0.2, -0.15) is 0 Å². The van der Waals surface area contributed by atoms with Crippen molar-refractivity contribution in [1.29, 1.82) is 0 Å². The van der Waals surface area contributed by atoms with E-state index in [1.165, 1.54) is 4.88 Å². The van der Waals surface area contributed by atoms with Crippen molar-refractivity contribution in [3.63, 3.8) is 0 Å². The van der Waals surface area contributed by atoms with Gasteiger partial charge in [-0.15, -0.1) is 11.3 Å². The van der Waals surface area contributed by atoms with Crippen LogP contribution in [0.3, 0.4) is 0 Å². The van der Waals surface area contributed by atoms with Gasteiger partial charge in [0.2, 0.25) is 0 Å². The average Bonchev–Trinajstić information content (AvgIpc) is 2.72. The molecular weight excluding hydrogens is 220 g/mol. The summed E-state index contributed by atoms with van der Waals surface area (Å²) in [6.45, 7) is 8.80. The molecule has 1 atom stereocenters. The number of hydrogen-bond donors (Lipinski definition) is 2. The van der Waals surface area contributed by atoms with E-state index in [1.807, 2.05) is 27.0 Å². The van der Waals surface area contributed by atoms with E-state index in [0.29, 0.717) is 6.54 Å². The summed E-state index contributed by atoms with van der Waals surface area (Å²) < 4.78 is 0. The number of aliphatic hydroxyl groups is 1. The summed E-state index contributed by atoms with van der Waals surface area (Å²) >= 11 is 1.71. The van der Waals surface area contributed by atoms with Gasteiger partial charge in [-0.3, -0.25) is 0 Å². The third kappa shape index (κ3) is 3.54. The standard InChI is InChI=1S/C12H22N2OS/c1-5-12(15,6-2)8-14-9(3)11-7-13-10(4)16-11/h7,9,14-15H,5-6,8H2,1-4H3. The molecule has 0 fully saturated rings. The van der Waals surface area contributed by atoms with Crippen LogP contribution in [0.5, 0.6) is 0 Å². The summed E-state index contributed by atoms with van der Waals surface area (Å²) in [6, 6.07) is 0.260. The van der Waals surface area contributed by atoms with Crippen molar-refractivity contribution < 1.29 is 5.11 Å². The molecule has 0 aliphatic carbocycles. The molecule has 0 spiro atoms. The molecule has 1 aromatic rings. The quantitative estimate of drug-likeness (QED) is 0.806. The summed E-state index contributed by atoms with van der Waals surface area (Å²) in [4.78, 5) is 5.47. The predicted octanol–water partition coefficient (Wildman–Crippen LogP) is 2.65. The van der Waals surface area contributed by atoms with Crippen molar-refractivity contribution >= 4 is 11.3 Å². The Hall–Kier alpha value is -0.450. The third-order valence-corrected chi connectivity index (χ3v) is 4.21. The number of aromatic nitrogens is 1. The summed E-state index contributed by atoms with van der Waals surface area (Å²) in [5.74, 6) is 0. The van der Waals surface area contributed by atoms with Crippen LogP contribution in [0.25, 0.3) is 0 Å². The summed E-state index contributed by atoms with van der Waals surface area (Å²) in [5.41, 5.74) is -0.575. The van der Waals surface area contributed by atoms with E-state index in [2.05, 4.69) is 17.2 Å². The summed E-state index contributed by atoms with van der Waals surface area (Å²) in [6.07, 6.45) is 3.48. The SMILES string of the molecule is CCC(O)(CC)CNC(C)c1cnc(C)s1. The summed E-state index contributed by atoms with van der Waals surface area (Å²) in [5, 5.41) is 14.6. The van der Waals surface area contributed by atoms with E-state index in [9.17, 15) is 5.11 Å². The lowest BCUT2D eigenvalue weighted by Gasteiger charge is -2.27. The molecule has 0 amide bonds. The molecule has 1 unspecified atom stereocenters. The Morgan fingerprint density at radius 2 is 2.12 bits per heavy atom. The Morgan fingerprint density at radius 1 is 1.50 bits per heavy atom. The lowest BCUT2D eigenvalue weighted by molar-refractivity contribution is 0.0304. The average molecular weight is 242 g/mol. The minimum absolute atomic E-state index is 0.260. The van der Waals surface area contributed by atoms with Crippen molar-refractivity contribution in [2.45, 2.75) is 52.2 Å². The monoisotopic (exact) mass is 242 g/mol. The van der Waals surface area contributed by atoms with Gasteiger partial charge in [0.1, 0.15) is 0 Å². The van der Waals surface area contributed by atoms with Crippen LogP contribution in [0.1, 0.15) is 49.5 Å². The zero-order valence-electron chi connectivity index (χ0n) is 10.6. The molecule has 1 aromatic heterocycles. The molecular formula is C12H22N2OS. The number of thiazole rings is 1. The smallest absolute Gasteiger partial charge is 0.0897 e. The molecule has 0 radical (unpaired) electrons. The highest BCUT2D eigenvalue weighted by atomic mass is 32.1. The lowest BCUT2D eigenvalue weighted by atomic mass is 9.97. The number of hydrogen-bond acceptors (Lipinski definition) is 4. The van der Waals surface area contributed by atoms with Crippen LogP contribution in [0.4, 0.5) is 0 Å². The Labute approximate surface area is 102 Å². The van der Waals surface area contributed by atoms with Crippen LogP contribution in [0, 0.1) is 6.92 Å². The number of rotatable bonds is 6. The van der Waals surface area contributed by atoms with E-state index < -0.39 is 5.60 Å². The van der Waals surface area contributed by atoms with Crippen LogP contribution in [0.15, 0.2) is 6.20 Å². The van der Waals surface area contributed by atoms with Gasteiger partial charge in [0.05, 0.1) is 10.6 Å². The maximum absolute atomic E-state index is 10.2. The maximum atomic E-state index is 10.2. The number of aryl methyl sites for hydroxylation is 1. The van der Waals surface area contributed by atoms with Crippen molar-refractivity contribution in [3.05, 3.63) is 16.1 Å². The van der Waals surface area contributed by atoms with E-state index in [-0.39, 0.29) is 6.04 Å². The molecule has 0 aliphatic rings. The Balaban J connectivity index is 2.49. The van der Waals surface area contributed by atoms with Gasteiger partial charge >= 0.3 is 0 Å². The van der Waals surface area contributed by atoms with Gasteiger partial charge in [-0.1, -0.05) is 13.8 Å². The molecule has 1 rings (SSSR count). The zero-order chi connectivity index (χ0) is 12.2. The van der Waals surface area contributed by atoms with Gasteiger partial charge < -0.3 is 10.4 Å². The highest BCUT2D eigenvalue weighted by Crippen LogP contribution is 2.21. The zero-order valence-corrected chi connectivity index (χ0v) is 11.4. The number of nitrogens with zero attached hydrogens (tertiary/aromatic N) is 1. The molecule has 0 bridgehead atoms. The first kappa shape index (κ1) is 13.6. The topological polar surface area (TPSA) is 45.1 Å². The fourth-order valence-corrected chi connectivity index (χ4v) is 2.33. The molecule has 1 heterocycles. The van der Waals surface area contributed by atoms with E-state index in [0.717, 1.165) is 17.8 Å².